The Kier molecular flexibility index (Phi) is 3.85. The quantitative estimate of drug-likeness (QED) is 0.625. The Morgan fingerprint density at radius 3 is 2.11 bits per heavy atom. The fourth-order valence-electron chi connectivity index (χ4n) is 1.47. The van der Waals surface area contributed by atoms with Crippen LogP contribution in [0, 0.1) is 17.5 Å². The predicted molar refractivity (Wildman–Crippen MR) is 62.5 cm³/mol. The van der Waals surface area contributed by atoms with E-state index in [4.69, 9.17) is 4.74 Å². The topological polar surface area (TPSA) is 26.3 Å². The molecule has 0 saturated carbocycles. The number of carbonyl (C=O) groups is 1. The number of halogens is 3. The summed E-state index contributed by atoms with van der Waals surface area (Å²) in [6.45, 7) is 0.0592. The van der Waals surface area contributed by atoms with Crippen LogP contribution in [0.25, 0.3) is 0 Å². The number of carbonyl (C=O) groups excluding carboxylic acids is 1. The van der Waals surface area contributed by atoms with E-state index in [1.807, 2.05) is 0 Å². The largest absolute Gasteiger partial charge is 0.489 e. The minimum absolute atomic E-state index is 0.0592. The molecule has 0 heterocycles. The van der Waals surface area contributed by atoms with Gasteiger partial charge in [0.05, 0.1) is 0 Å². The second kappa shape index (κ2) is 5.56. The Morgan fingerprint density at radius 1 is 1.00 bits per heavy atom. The molecule has 0 aromatic heterocycles. The highest BCUT2D eigenvalue weighted by atomic mass is 19.2. The first kappa shape index (κ1) is 13.1. The van der Waals surface area contributed by atoms with Crippen molar-refractivity contribution in [2.45, 2.75) is 6.61 Å². The summed E-state index contributed by atoms with van der Waals surface area (Å²) in [7, 11) is 0. The molecule has 0 spiro atoms. The fourth-order valence-corrected chi connectivity index (χ4v) is 1.47. The van der Waals surface area contributed by atoms with E-state index in [1.165, 1.54) is 0 Å². The number of benzene rings is 2. The van der Waals surface area contributed by atoms with Crippen LogP contribution in [0.1, 0.15) is 15.9 Å². The average molecular weight is 266 g/mol. The average Bonchev–Trinajstić information content (AvgIpc) is 2.43. The minimum Gasteiger partial charge on any atom is -0.489 e. The van der Waals surface area contributed by atoms with E-state index >= 15 is 0 Å². The lowest BCUT2D eigenvalue weighted by Crippen LogP contribution is -1.98. The third-order valence-electron chi connectivity index (χ3n) is 2.48. The lowest BCUT2D eigenvalue weighted by atomic mass is 10.2. The van der Waals surface area contributed by atoms with Gasteiger partial charge in [0.15, 0.2) is 17.5 Å². The summed E-state index contributed by atoms with van der Waals surface area (Å²) in [4.78, 5) is 10.5. The van der Waals surface area contributed by atoms with E-state index in [2.05, 4.69) is 0 Å². The van der Waals surface area contributed by atoms with Gasteiger partial charge < -0.3 is 4.74 Å². The Morgan fingerprint density at radius 2 is 1.58 bits per heavy atom. The first-order valence-corrected chi connectivity index (χ1v) is 5.41. The van der Waals surface area contributed by atoms with Gasteiger partial charge in [0.1, 0.15) is 18.6 Å². The zero-order valence-electron chi connectivity index (χ0n) is 9.70. The van der Waals surface area contributed by atoms with Gasteiger partial charge in [-0.05, 0) is 5.56 Å². The van der Waals surface area contributed by atoms with Gasteiger partial charge in [-0.15, -0.1) is 0 Å². The molecule has 0 bridgehead atoms. The summed E-state index contributed by atoms with van der Waals surface area (Å²) >= 11 is 0. The van der Waals surface area contributed by atoms with E-state index in [-0.39, 0.29) is 12.4 Å². The van der Waals surface area contributed by atoms with E-state index < -0.39 is 17.5 Å². The summed E-state index contributed by atoms with van der Waals surface area (Å²) in [5, 5.41) is 0. The summed E-state index contributed by atoms with van der Waals surface area (Å²) in [6.07, 6.45) is 0.704. The van der Waals surface area contributed by atoms with Crippen LogP contribution < -0.4 is 4.74 Å². The van der Waals surface area contributed by atoms with Crippen LogP contribution in [0.4, 0.5) is 13.2 Å². The van der Waals surface area contributed by atoms with Crippen molar-refractivity contribution in [1.29, 1.82) is 0 Å². The smallest absolute Gasteiger partial charge is 0.194 e. The van der Waals surface area contributed by atoms with Crippen molar-refractivity contribution in [1.82, 2.24) is 0 Å². The Labute approximate surface area is 107 Å². The highest BCUT2D eigenvalue weighted by Crippen LogP contribution is 2.20. The van der Waals surface area contributed by atoms with Crippen molar-refractivity contribution >= 4 is 6.29 Å². The molecule has 0 atom stereocenters. The molecule has 98 valence electrons. The maximum atomic E-state index is 12.9. The summed E-state index contributed by atoms with van der Waals surface area (Å²) < 4.78 is 43.7. The highest BCUT2D eigenvalue weighted by molar-refractivity contribution is 5.74. The lowest BCUT2D eigenvalue weighted by Gasteiger charge is -2.07. The third kappa shape index (κ3) is 3.13. The van der Waals surface area contributed by atoms with Gasteiger partial charge in [0.25, 0.3) is 0 Å². The molecule has 2 rings (SSSR count). The second-order valence-corrected chi connectivity index (χ2v) is 3.85. The van der Waals surface area contributed by atoms with Crippen molar-refractivity contribution in [2.75, 3.05) is 0 Å². The molecule has 0 aliphatic rings. The molecule has 0 fully saturated rings. The number of ether oxygens (including phenoxy) is 1. The Hall–Kier alpha value is -2.30. The van der Waals surface area contributed by atoms with Crippen LogP contribution in [0.5, 0.6) is 5.75 Å². The summed E-state index contributed by atoms with van der Waals surface area (Å²) in [5.41, 5.74) is 1.23. The fraction of sp³-hybridized carbons (Fsp3) is 0.0714. The lowest BCUT2D eigenvalue weighted by molar-refractivity contribution is 0.112. The molecule has 0 aliphatic carbocycles. The van der Waals surface area contributed by atoms with Crippen molar-refractivity contribution in [3.8, 4) is 5.75 Å². The number of aldehydes is 1. The molecular weight excluding hydrogens is 257 g/mol. The molecular formula is C14H9F3O2. The summed E-state index contributed by atoms with van der Waals surface area (Å²) in [5.74, 6) is -4.23. The SMILES string of the molecule is O=Cc1ccc(COc2cc(F)c(F)c(F)c2)cc1. The zero-order chi connectivity index (χ0) is 13.8. The van der Waals surface area contributed by atoms with Gasteiger partial charge in [-0.2, -0.15) is 0 Å². The molecule has 5 heteroatoms. The molecule has 2 aromatic carbocycles. The maximum Gasteiger partial charge on any atom is 0.194 e. The van der Waals surface area contributed by atoms with E-state index in [0.29, 0.717) is 11.8 Å². The monoisotopic (exact) mass is 266 g/mol. The molecule has 0 amide bonds. The van der Waals surface area contributed by atoms with Gasteiger partial charge in [0.2, 0.25) is 0 Å². The molecule has 0 aliphatic heterocycles. The molecule has 0 saturated heterocycles. The zero-order valence-corrected chi connectivity index (χ0v) is 9.70. The molecule has 0 N–H and O–H groups in total. The molecule has 2 aromatic rings. The van der Waals surface area contributed by atoms with Crippen molar-refractivity contribution in [3.63, 3.8) is 0 Å². The first-order valence-electron chi connectivity index (χ1n) is 5.41. The first-order chi connectivity index (χ1) is 9.10. The summed E-state index contributed by atoms with van der Waals surface area (Å²) in [6, 6.07) is 8.05. The normalized spacial score (nSPS) is 10.3. The van der Waals surface area contributed by atoms with Gasteiger partial charge in [-0.3, -0.25) is 4.79 Å². The number of hydrogen-bond donors (Lipinski definition) is 0. The van der Waals surface area contributed by atoms with Crippen molar-refractivity contribution in [2.24, 2.45) is 0 Å². The Balaban J connectivity index is 2.07. The van der Waals surface area contributed by atoms with E-state index in [9.17, 15) is 18.0 Å². The molecule has 0 unspecified atom stereocenters. The predicted octanol–water partition coefficient (Wildman–Crippen LogP) is 3.50. The van der Waals surface area contributed by atoms with Crippen LogP contribution in [-0.4, -0.2) is 6.29 Å². The highest BCUT2D eigenvalue weighted by Gasteiger charge is 2.11. The third-order valence-corrected chi connectivity index (χ3v) is 2.48. The number of hydrogen-bond acceptors (Lipinski definition) is 2. The Bertz CT molecular complexity index is 571. The van der Waals surface area contributed by atoms with Crippen LogP contribution in [-0.2, 0) is 6.61 Å². The number of rotatable bonds is 4. The molecule has 2 nitrogen and oxygen atoms in total. The minimum atomic E-state index is -1.53. The van der Waals surface area contributed by atoms with Crippen LogP contribution >= 0.6 is 0 Å². The van der Waals surface area contributed by atoms with Gasteiger partial charge >= 0.3 is 0 Å². The molecule has 19 heavy (non-hydrogen) atoms. The van der Waals surface area contributed by atoms with Gasteiger partial charge in [-0.1, -0.05) is 24.3 Å². The van der Waals surface area contributed by atoms with E-state index in [1.54, 1.807) is 24.3 Å². The van der Waals surface area contributed by atoms with Gasteiger partial charge in [-0.25, -0.2) is 13.2 Å². The van der Waals surface area contributed by atoms with Crippen molar-refractivity contribution < 1.29 is 22.7 Å². The van der Waals surface area contributed by atoms with Gasteiger partial charge in [0, 0.05) is 17.7 Å². The maximum absolute atomic E-state index is 12.9. The van der Waals surface area contributed by atoms with Crippen LogP contribution in [0.15, 0.2) is 36.4 Å². The van der Waals surface area contributed by atoms with Crippen LogP contribution in [0.2, 0.25) is 0 Å². The van der Waals surface area contributed by atoms with E-state index in [0.717, 1.165) is 17.7 Å². The van der Waals surface area contributed by atoms with Crippen LogP contribution in [0.3, 0.4) is 0 Å². The standard InChI is InChI=1S/C14H9F3O2/c15-12-5-11(6-13(16)14(12)17)19-8-10-3-1-9(7-18)2-4-10/h1-7H,8H2. The second-order valence-electron chi connectivity index (χ2n) is 3.85. The van der Waals surface area contributed by atoms with Crippen molar-refractivity contribution in [3.05, 3.63) is 65.0 Å². The molecule has 0 radical (unpaired) electrons.